The minimum atomic E-state index is -0.603. The fraction of sp³-hybridized carbons (Fsp3) is 0.0400. The molecule has 2 heterocycles. The molecule has 0 saturated carbocycles. The van der Waals surface area contributed by atoms with Gasteiger partial charge in [-0.25, -0.2) is 9.48 Å². The molecule has 2 aromatic heterocycles. The predicted octanol–water partition coefficient (Wildman–Crippen LogP) is 4.37. The van der Waals surface area contributed by atoms with Gasteiger partial charge in [-0.1, -0.05) is 48.5 Å². The maximum atomic E-state index is 12.2. The van der Waals surface area contributed by atoms with Gasteiger partial charge >= 0.3 is 5.97 Å². The summed E-state index contributed by atoms with van der Waals surface area (Å²) in [6.07, 6.45) is 8.16. The number of pyridine rings is 1. The predicted molar refractivity (Wildman–Crippen MR) is 118 cm³/mol. The fourth-order valence-corrected chi connectivity index (χ4v) is 3.00. The van der Waals surface area contributed by atoms with E-state index in [1.807, 2.05) is 54.7 Å². The van der Waals surface area contributed by atoms with Crippen LogP contribution in [0.2, 0.25) is 0 Å². The molecular weight excluding hydrogens is 390 g/mol. The van der Waals surface area contributed by atoms with Gasteiger partial charge < -0.3 is 4.74 Å². The van der Waals surface area contributed by atoms with Crippen LogP contribution in [0, 0.1) is 0 Å². The Bertz CT molecular complexity index is 1200. The van der Waals surface area contributed by atoms with E-state index < -0.39 is 5.97 Å². The molecule has 6 nitrogen and oxygen atoms in total. The molecule has 0 fully saturated rings. The fourth-order valence-electron chi connectivity index (χ4n) is 3.00. The van der Waals surface area contributed by atoms with E-state index in [2.05, 4.69) is 10.1 Å². The van der Waals surface area contributed by atoms with Crippen molar-refractivity contribution >= 4 is 17.8 Å². The van der Waals surface area contributed by atoms with E-state index in [1.165, 1.54) is 6.08 Å². The lowest BCUT2D eigenvalue weighted by atomic mass is 10.1. The molecule has 31 heavy (non-hydrogen) atoms. The van der Waals surface area contributed by atoms with E-state index >= 15 is 0 Å². The Balaban J connectivity index is 1.52. The number of hydrogen-bond donors (Lipinski definition) is 0. The van der Waals surface area contributed by atoms with Gasteiger partial charge in [0.25, 0.3) is 0 Å². The zero-order chi connectivity index (χ0) is 21.5. The minimum absolute atomic E-state index is 0.254. The summed E-state index contributed by atoms with van der Waals surface area (Å²) in [5.74, 6) is -0.857. The van der Waals surface area contributed by atoms with Gasteiger partial charge in [-0.05, 0) is 30.3 Å². The molecule has 0 spiro atoms. The van der Waals surface area contributed by atoms with E-state index in [0.717, 1.165) is 16.8 Å². The van der Waals surface area contributed by atoms with Crippen LogP contribution in [-0.4, -0.2) is 33.1 Å². The SMILES string of the molecule is O=C(/C=C/c1cn(-c2ccccc2)nc1-c1cccnc1)OCC(=O)c1ccccc1. The summed E-state index contributed by atoms with van der Waals surface area (Å²) in [6, 6.07) is 22.1. The first-order valence-corrected chi connectivity index (χ1v) is 9.69. The summed E-state index contributed by atoms with van der Waals surface area (Å²) >= 11 is 0. The molecule has 0 saturated heterocycles. The van der Waals surface area contributed by atoms with E-state index in [4.69, 9.17) is 4.74 Å². The lowest BCUT2D eigenvalue weighted by Gasteiger charge is -2.01. The quantitative estimate of drug-likeness (QED) is 0.257. The lowest BCUT2D eigenvalue weighted by molar-refractivity contribution is -0.136. The molecule has 0 amide bonds. The van der Waals surface area contributed by atoms with Gasteiger partial charge in [0.2, 0.25) is 0 Å². The molecule has 2 aromatic carbocycles. The number of rotatable bonds is 7. The average molecular weight is 409 g/mol. The van der Waals surface area contributed by atoms with E-state index in [-0.39, 0.29) is 12.4 Å². The maximum Gasteiger partial charge on any atom is 0.331 e. The highest BCUT2D eigenvalue weighted by atomic mass is 16.5. The highest BCUT2D eigenvalue weighted by Crippen LogP contribution is 2.24. The number of ketones is 1. The Morgan fingerprint density at radius 3 is 2.39 bits per heavy atom. The Kier molecular flexibility index (Phi) is 6.09. The third kappa shape index (κ3) is 5.00. The molecule has 0 unspecified atom stereocenters. The summed E-state index contributed by atoms with van der Waals surface area (Å²) in [4.78, 5) is 28.4. The van der Waals surface area contributed by atoms with Crippen molar-refractivity contribution in [3.8, 4) is 16.9 Å². The number of hydrogen-bond acceptors (Lipinski definition) is 5. The molecule has 0 aliphatic rings. The van der Waals surface area contributed by atoms with Crippen molar-refractivity contribution in [2.24, 2.45) is 0 Å². The first kappa shape index (κ1) is 20.0. The molecule has 6 heteroatoms. The number of para-hydroxylation sites is 1. The highest BCUT2D eigenvalue weighted by Gasteiger charge is 2.12. The van der Waals surface area contributed by atoms with Crippen LogP contribution in [0.15, 0.2) is 97.5 Å². The van der Waals surface area contributed by atoms with Crippen LogP contribution in [-0.2, 0) is 9.53 Å². The second-order valence-corrected chi connectivity index (χ2v) is 6.69. The third-order valence-electron chi connectivity index (χ3n) is 4.54. The Labute approximate surface area is 179 Å². The molecular formula is C25H19N3O3. The van der Waals surface area contributed by atoms with Crippen LogP contribution in [0.3, 0.4) is 0 Å². The standard InChI is InChI=1S/C25H19N3O3/c29-23(19-8-3-1-4-9-19)18-31-24(30)14-13-21-17-28(22-11-5-2-6-12-22)27-25(21)20-10-7-15-26-16-20/h1-17H,18H2/b14-13+. The van der Waals surface area contributed by atoms with Gasteiger partial charge in [0, 0.05) is 41.4 Å². The average Bonchev–Trinajstić information content (AvgIpc) is 3.27. The second-order valence-electron chi connectivity index (χ2n) is 6.69. The first-order valence-electron chi connectivity index (χ1n) is 9.69. The first-order chi connectivity index (χ1) is 15.2. The van der Waals surface area contributed by atoms with Crippen LogP contribution < -0.4 is 0 Å². The number of nitrogens with zero attached hydrogens (tertiary/aromatic N) is 3. The van der Waals surface area contributed by atoms with Crippen molar-refractivity contribution in [1.29, 1.82) is 0 Å². The van der Waals surface area contributed by atoms with Gasteiger partial charge in [0.1, 0.15) is 5.69 Å². The van der Waals surface area contributed by atoms with Crippen molar-refractivity contribution < 1.29 is 14.3 Å². The topological polar surface area (TPSA) is 74.1 Å². The zero-order valence-corrected chi connectivity index (χ0v) is 16.6. The Morgan fingerprint density at radius 2 is 1.68 bits per heavy atom. The van der Waals surface area contributed by atoms with Crippen molar-refractivity contribution in [2.75, 3.05) is 6.61 Å². The number of carbonyl (C=O) groups excluding carboxylic acids is 2. The highest BCUT2D eigenvalue weighted by molar-refractivity contribution is 5.99. The molecule has 0 aliphatic heterocycles. The van der Waals surface area contributed by atoms with Gasteiger partial charge in [0.05, 0.1) is 5.69 Å². The molecule has 0 aliphatic carbocycles. The molecule has 4 aromatic rings. The molecule has 4 rings (SSSR count). The summed E-state index contributed by atoms with van der Waals surface area (Å²) in [5, 5.41) is 4.66. The van der Waals surface area contributed by atoms with Crippen LogP contribution in [0.25, 0.3) is 23.0 Å². The monoisotopic (exact) mass is 409 g/mol. The van der Waals surface area contributed by atoms with Crippen LogP contribution in [0.1, 0.15) is 15.9 Å². The van der Waals surface area contributed by atoms with E-state index in [0.29, 0.717) is 11.3 Å². The number of Topliss-reactive ketones (excluding diaryl/α,β-unsaturated/α-hetero) is 1. The van der Waals surface area contributed by atoms with Crippen molar-refractivity contribution in [1.82, 2.24) is 14.8 Å². The maximum absolute atomic E-state index is 12.2. The second kappa shape index (κ2) is 9.45. The third-order valence-corrected chi connectivity index (χ3v) is 4.54. The minimum Gasteiger partial charge on any atom is -0.454 e. The van der Waals surface area contributed by atoms with Gasteiger partial charge in [-0.3, -0.25) is 9.78 Å². The van der Waals surface area contributed by atoms with Gasteiger partial charge in [-0.2, -0.15) is 5.10 Å². The normalized spacial score (nSPS) is 10.8. The van der Waals surface area contributed by atoms with Gasteiger partial charge in [0.15, 0.2) is 12.4 Å². The number of ether oxygens (including phenoxy) is 1. The largest absolute Gasteiger partial charge is 0.454 e. The number of carbonyl (C=O) groups is 2. The van der Waals surface area contributed by atoms with Crippen molar-refractivity contribution in [3.63, 3.8) is 0 Å². The van der Waals surface area contributed by atoms with Crippen LogP contribution in [0.5, 0.6) is 0 Å². The smallest absolute Gasteiger partial charge is 0.331 e. The van der Waals surface area contributed by atoms with Gasteiger partial charge in [-0.15, -0.1) is 0 Å². The molecule has 0 radical (unpaired) electrons. The zero-order valence-electron chi connectivity index (χ0n) is 16.6. The van der Waals surface area contributed by atoms with E-state index in [9.17, 15) is 9.59 Å². The Hall–Kier alpha value is -4.32. The van der Waals surface area contributed by atoms with E-state index in [1.54, 1.807) is 47.4 Å². The summed E-state index contributed by atoms with van der Waals surface area (Å²) in [5.41, 5.74) is 3.62. The number of aromatic nitrogens is 3. The Morgan fingerprint density at radius 1 is 0.935 bits per heavy atom. The molecule has 0 bridgehead atoms. The summed E-state index contributed by atoms with van der Waals surface area (Å²) in [6.45, 7) is -0.314. The summed E-state index contributed by atoms with van der Waals surface area (Å²) < 4.78 is 6.84. The number of esters is 1. The molecule has 0 N–H and O–H groups in total. The van der Waals surface area contributed by atoms with Crippen molar-refractivity contribution in [2.45, 2.75) is 0 Å². The molecule has 0 atom stereocenters. The van der Waals surface area contributed by atoms with Crippen LogP contribution in [0.4, 0.5) is 0 Å². The lowest BCUT2D eigenvalue weighted by Crippen LogP contribution is -2.12. The van der Waals surface area contributed by atoms with Crippen molar-refractivity contribution in [3.05, 3.63) is 109 Å². The summed E-state index contributed by atoms with van der Waals surface area (Å²) in [7, 11) is 0. The van der Waals surface area contributed by atoms with Crippen LogP contribution >= 0.6 is 0 Å². The number of benzene rings is 2. The molecule has 152 valence electrons.